The van der Waals surface area contributed by atoms with Gasteiger partial charge in [0.05, 0.1) is 16.7 Å². The lowest BCUT2D eigenvalue weighted by Gasteiger charge is -2.10. The maximum atomic E-state index is 12.1. The second-order valence-corrected chi connectivity index (χ2v) is 17.6. The third-order valence-electron chi connectivity index (χ3n) is 13.1. The fourth-order valence-electron chi connectivity index (χ4n) is 10.1. The summed E-state index contributed by atoms with van der Waals surface area (Å²) in [5.74, 6) is -0.112. The number of nitrogens with zero attached hydrogens (tertiary/aromatic N) is 3. The molecule has 0 saturated heterocycles. The Morgan fingerprint density at radius 3 is 1.06 bits per heavy atom. The number of benzene rings is 4. The molecule has 0 radical (unpaired) electrons. The van der Waals surface area contributed by atoms with Crippen molar-refractivity contribution in [2.75, 3.05) is 5.32 Å². The molecule has 5 N–H and O–H groups in total. The van der Waals surface area contributed by atoms with Crippen LogP contribution in [0.3, 0.4) is 0 Å². The Morgan fingerprint density at radius 2 is 0.716 bits per heavy atom. The minimum atomic E-state index is -0.112. The smallest absolute Gasteiger partial charge is 0.221 e. The summed E-state index contributed by atoms with van der Waals surface area (Å²) in [5.41, 5.74) is 16.4. The van der Waals surface area contributed by atoms with E-state index >= 15 is 0 Å². The van der Waals surface area contributed by atoms with Crippen LogP contribution >= 0.6 is 0 Å². The van der Waals surface area contributed by atoms with Gasteiger partial charge in [-0.2, -0.15) is 0 Å². The van der Waals surface area contributed by atoms with E-state index < -0.39 is 0 Å². The quantitative estimate of drug-likeness (QED) is 0.131. The molecule has 1 aliphatic rings. The number of hydrogen-bond acceptors (Lipinski definition) is 1. The van der Waals surface area contributed by atoms with E-state index in [0.717, 1.165) is 127 Å². The van der Waals surface area contributed by atoms with Crippen LogP contribution in [-0.4, -0.2) is 25.8 Å². The van der Waals surface area contributed by atoms with E-state index in [9.17, 15) is 4.79 Å². The number of anilines is 1. The number of fused-ring (bicyclic) bond motifs is 11. The number of hydrogen-bond donors (Lipinski definition) is 5. The summed E-state index contributed by atoms with van der Waals surface area (Å²) in [7, 11) is 6.34. The summed E-state index contributed by atoms with van der Waals surface area (Å²) in [6.45, 7) is 1.53. The zero-order valence-corrected chi connectivity index (χ0v) is 37.6. The number of amides is 1. The molecule has 7 aromatic heterocycles. The number of pyridine rings is 3. The first-order valence-electron chi connectivity index (χ1n) is 22.5. The predicted octanol–water partition coefficient (Wildman–Crippen LogP) is 6.19. The standard InChI is InChI=1S/C58H46N8O/c1-35(67)59-43-19-17-36(18-20-43)55-44-21-23-46(60-44)56(40-29-37-11-5-8-14-52(37)64(2)32-40)48-25-27-50(62-48)58(42-31-39-13-7-10-16-54(39)66(4)34-42)51-28-26-49(63-51)57(47-24-22-45(55)61-47)41-30-38-12-6-9-15-53(38)65(3)33-41/h5-34,60-63H,1-4H3/q+2/p+1. The molecule has 0 saturated carbocycles. The van der Waals surface area contributed by atoms with Gasteiger partial charge in [0, 0.05) is 113 Å². The fourth-order valence-corrected chi connectivity index (χ4v) is 10.1. The molecule has 1 amide bonds. The minimum Gasteiger partial charge on any atom is -0.354 e. The van der Waals surface area contributed by atoms with E-state index in [1.807, 2.05) is 12.1 Å². The molecule has 0 fully saturated rings. The maximum absolute atomic E-state index is 12.1. The first-order valence-corrected chi connectivity index (χ1v) is 22.5. The van der Waals surface area contributed by atoms with Gasteiger partial charge in [-0.05, 0) is 103 Å². The van der Waals surface area contributed by atoms with Crippen molar-refractivity contribution in [2.45, 2.75) is 6.92 Å². The molecule has 8 bridgehead atoms. The Labute approximate surface area is 385 Å². The summed E-state index contributed by atoms with van der Waals surface area (Å²) in [5, 5.41) is 10.2. The van der Waals surface area contributed by atoms with Crippen molar-refractivity contribution in [3.63, 3.8) is 0 Å². The number of H-pyrrole nitrogens is 4. The molecular weight excluding hydrogens is 825 g/mol. The summed E-state index contributed by atoms with van der Waals surface area (Å²) in [4.78, 5) is 27.9. The molecule has 322 valence electrons. The van der Waals surface area contributed by atoms with E-state index in [1.54, 1.807) is 0 Å². The number of carbonyl (C=O) groups excluding carboxylic acids is 1. The number of para-hydroxylation sites is 3. The monoisotopic (exact) mass is 871 g/mol. The number of nitrogens with one attached hydrogen (secondary N) is 5. The highest BCUT2D eigenvalue weighted by atomic mass is 16.1. The van der Waals surface area contributed by atoms with E-state index in [4.69, 9.17) is 0 Å². The Hall–Kier alpha value is -8.82. The largest absolute Gasteiger partial charge is 0.354 e. The third-order valence-corrected chi connectivity index (χ3v) is 13.1. The highest BCUT2D eigenvalue weighted by molar-refractivity contribution is 5.91. The van der Waals surface area contributed by atoms with Crippen LogP contribution in [0.4, 0.5) is 5.69 Å². The summed E-state index contributed by atoms with van der Waals surface area (Å²) < 4.78 is 6.62. The second kappa shape index (κ2) is 15.7. The number of aromatic amines is 4. The van der Waals surface area contributed by atoms with Crippen molar-refractivity contribution in [1.29, 1.82) is 0 Å². The van der Waals surface area contributed by atoms with Crippen LogP contribution in [0.2, 0.25) is 0 Å². The molecule has 4 aromatic carbocycles. The molecule has 11 aromatic rings. The van der Waals surface area contributed by atoms with Crippen molar-refractivity contribution in [1.82, 2.24) is 19.9 Å². The van der Waals surface area contributed by atoms with E-state index in [0.29, 0.717) is 0 Å². The van der Waals surface area contributed by atoms with Gasteiger partial charge in [-0.3, -0.25) is 4.79 Å². The normalized spacial score (nSPS) is 12.7. The fraction of sp³-hybridized carbons (Fsp3) is 0.0690. The van der Waals surface area contributed by atoms with Gasteiger partial charge in [0.15, 0.2) is 18.6 Å². The summed E-state index contributed by atoms with van der Waals surface area (Å²) in [6.07, 6.45) is 6.66. The van der Waals surface area contributed by atoms with Crippen molar-refractivity contribution in [3.05, 3.63) is 249 Å². The number of aromatic nitrogens is 7. The van der Waals surface area contributed by atoms with Gasteiger partial charge in [-0.15, -0.1) is 0 Å². The molecule has 1 aliphatic heterocycles. The van der Waals surface area contributed by atoms with Crippen LogP contribution in [0.5, 0.6) is 0 Å². The molecule has 67 heavy (non-hydrogen) atoms. The van der Waals surface area contributed by atoms with E-state index in [-0.39, 0.29) is 5.91 Å². The van der Waals surface area contributed by atoms with Crippen molar-refractivity contribution >= 4 is 66.6 Å². The lowest BCUT2D eigenvalue weighted by atomic mass is 10.0. The third kappa shape index (κ3) is 6.96. The first kappa shape index (κ1) is 39.7. The van der Waals surface area contributed by atoms with Crippen molar-refractivity contribution in [3.8, 4) is 0 Å². The van der Waals surface area contributed by atoms with Gasteiger partial charge in [0.1, 0.15) is 21.1 Å². The lowest BCUT2D eigenvalue weighted by molar-refractivity contribution is -0.645. The highest BCUT2D eigenvalue weighted by Crippen LogP contribution is 2.30. The first-order chi connectivity index (χ1) is 32.7. The summed E-state index contributed by atoms with van der Waals surface area (Å²) in [6, 6.07) is 58.0. The SMILES string of the molecule is CC(=O)Nc1ccc(C2=c3ccc([nH]3)=C(c3cc4ccccc4[n+](C)c3)c3ccc([nH]3)C(c3cc4ccccc4[n+](C)c3)=c3ccc([nH]3)=C(c3cc4ccccc4[n+](C)c3)c3ccc2[nH]3)cc1. The van der Waals surface area contributed by atoms with Gasteiger partial charge in [0.25, 0.3) is 0 Å². The zero-order valence-electron chi connectivity index (χ0n) is 37.6. The average Bonchev–Trinajstić information content (AvgIpc) is 4.18. The molecule has 8 heterocycles. The average molecular weight is 872 g/mol. The Balaban J connectivity index is 1.21. The van der Waals surface area contributed by atoms with Gasteiger partial charge in [-0.25, -0.2) is 13.7 Å². The number of rotatable bonds is 5. The summed E-state index contributed by atoms with van der Waals surface area (Å²) >= 11 is 0. The predicted molar refractivity (Wildman–Crippen MR) is 264 cm³/mol. The van der Waals surface area contributed by atoms with Crippen LogP contribution in [0.1, 0.15) is 52.0 Å². The molecule has 0 unspecified atom stereocenters. The number of aryl methyl sites for hydroxylation is 3. The topological polar surface area (TPSA) is 104 Å². The molecule has 12 rings (SSSR count). The highest BCUT2D eigenvalue weighted by Gasteiger charge is 2.23. The van der Waals surface area contributed by atoms with Gasteiger partial charge < -0.3 is 25.3 Å². The van der Waals surface area contributed by atoms with Gasteiger partial charge in [0.2, 0.25) is 22.5 Å². The van der Waals surface area contributed by atoms with E-state index in [1.165, 1.54) is 6.92 Å². The molecule has 0 spiro atoms. The Morgan fingerprint density at radius 1 is 0.388 bits per heavy atom. The van der Waals surface area contributed by atoms with Crippen LogP contribution in [0.25, 0.3) is 55.0 Å². The lowest BCUT2D eigenvalue weighted by Crippen LogP contribution is -2.30. The van der Waals surface area contributed by atoms with Crippen LogP contribution in [0.15, 0.2) is 182 Å². The zero-order chi connectivity index (χ0) is 45.3. The second-order valence-electron chi connectivity index (χ2n) is 17.6. The molecule has 9 heteroatoms. The van der Waals surface area contributed by atoms with Crippen LogP contribution in [-0.2, 0) is 25.9 Å². The molecular formula is C58H47N8O+3. The molecule has 0 aliphatic carbocycles. The van der Waals surface area contributed by atoms with Gasteiger partial charge >= 0.3 is 0 Å². The minimum absolute atomic E-state index is 0.112. The van der Waals surface area contributed by atoms with Crippen LogP contribution < -0.4 is 40.4 Å². The molecule has 0 atom stereocenters. The Bertz CT molecular complexity index is 4090. The van der Waals surface area contributed by atoms with Crippen molar-refractivity contribution < 1.29 is 18.5 Å². The van der Waals surface area contributed by atoms with Crippen LogP contribution in [0, 0.1) is 0 Å². The maximum Gasteiger partial charge on any atom is 0.221 e. The van der Waals surface area contributed by atoms with Gasteiger partial charge in [-0.1, -0.05) is 48.5 Å². The number of carbonyl (C=O) groups is 1. The van der Waals surface area contributed by atoms with E-state index in [2.05, 4.69) is 230 Å². The Kier molecular flexibility index (Phi) is 9.32. The molecule has 9 nitrogen and oxygen atoms in total. The van der Waals surface area contributed by atoms with Crippen molar-refractivity contribution in [2.24, 2.45) is 21.1 Å².